The first kappa shape index (κ1) is 6.54. The molecule has 0 amide bonds. The molecule has 0 aliphatic rings. The minimum atomic E-state index is 1.38. The molecule has 0 N–H and O–H groups in total. The van der Waals surface area contributed by atoms with Gasteiger partial charge in [-0.3, -0.25) is 0 Å². The second kappa shape index (κ2) is 5.54. The average molecular weight is 146 g/mol. The zero-order chi connectivity index (χ0) is 4.83. The van der Waals surface area contributed by atoms with Gasteiger partial charge in [-0.1, -0.05) is 0 Å². The Hall–Kier alpha value is 0.543. The molecule has 0 saturated heterocycles. The molecule has 0 unspecified atom stereocenters. The molecule has 0 fully saturated rings. The van der Waals surface area contributed by atoms with Gasteiger partial charge < -0.3 is 0 Å². The Bertz CT molecular complexity index is 15.9. The molecule has 0 spiro atoms. The topological polar surface area (TPSA) is 0 Å². The van der Waals surface area contributed by atoms with Crippen LogP contribution in [0.1, 0.15) is 26.2 Å². The number of hydrogen-bond acceptors (Lipinski definition) is 0. The Kier molecular flexibility index (Phi) is 6.04. The summed E-state index contributed by atoms with van der Waals surface area (Å²) in [5.41, 5.74) is 0. The van der Waals surface area contributed by atoms with E-state index in [2.05, 4.69) is 6.92 Å². The summed E-state index contributed by atoms with van der Waals surface area (Å²) < 4.78 is 0. The van der Waals surface area contributed by atoms with E-state index in [4.69, 9.17) is 0 Å². The predicted octanol–water partition coefficient (Wildman–Crippen LogP) is 1.23. The second-order valence-electron chi connectivity index (χ2n) is 1.56. The van der Waals surface area contributed by atoms with E-state index in [1.54, 1.807) is 0 Å². The van der Waals surface area contributed by atoms with E-state index in [-0.39, 0.29) is 0 Å². The van der Waals surface area contributed by atoms with Gasteiger partial charge in [-0.15, -0.1) is 0 Å². The molecule has 1 heteroatoms. The fourth-order valence-electron chi connectivity index (χ4n) is 0.427. The van der Waals surface area contributed by atoms with Gasteiger partial charge in [0.25, 0.3) is 0 Å². The van der Waals surface area contributed by atoms with E-state index < -0.39 is 0 Å². The normalized spacial score (nSPS) is 9.00. The predicted molar refractivity (Wildman–Crippen MR) is 32.9 cm³/mol. The molecule has 0 aliphatic carbocycles. The molecular weight excluding hydrogens is 133 g/mol. The van der Waals surface area contributed by atoms with Crippen molar-refractivity contribution in [3.63, 3.8) is 0 Å². The van der Waals surface area contributed by atoms with Crippen LogP contribution in [0.2, 0.25) is 5.25 Å². The first-order valence-corrected chi connectivity index (χ1v) is 4.81. The summed E-state index contributed by atoms with van der Waals surface area (Å²) in [6.45, 7) is 2.25. The summed E-state index contributed by atoms with van der Waals surface area (Å²) in [6, 6.07) is 0. The van der Waals surface area contributed by atoms with Crippen molar-refractivity contribution in [2.24, 2.45) is 0 Å². The Morgan fingerprint density at radius 3 is 2.17 bits per heavy atom. The molecule has 0 heterocycles. The fraction of sp³-hybridized carbons (Fsp3) is 1.00. The van der Waals surface area contributed by atoms with E-state index in [9.17, 15) is 0 Å². The molecule has 0 bridgehead atoms. The molecule has 0 aromatic carbocycles. The van der Waals surface area contributed by atoms with Crippen molar-refractivity contribution < 1.29 is 0 Å². The van der Waals surface area contributed by atoms with Gasteiger partial charge in [-0.25, -0.2) is 0 Å². The van der Waals surface area contributed by atoms with Gasteiger partial charge in [-0.05, 0) is 0 Å². The molecule has 0 atom stereocenters. The first-order valence-electron chi connectivity index (χ1n) is 2.71. The summed E-state index contributed by atoms with van der Waals surface area (Å²) in [5.74, 6) is 0. The first-order chi connectivity index (χ1) is 2.91. The molecule has 0 nitrogen and oxygen atoms in total. The quantitative estimate of drug-likeness (QED) is 0.414. The second-order valence-corrected chi connectivity index (χ2v) is 3.04. The van der Waals surface area contributed by atoms with E-state index in [1.807, 2.05) is 0 Å². The molecule has 0 aromatic rings. The van der Waals surface area contributed by atoms with Crippen LogP contribution in [0.3, 0.4) is 0 Å². The summed E-state index contributed by atoms with van der Waals surface area (Å²) in [4.78, 5) is 0. The molecule has 0 rings (SSSR count). The van der Waals surface area contributed by atoms with Gasteiger partial charge in [-0.2, -0.15) is 0 Å². The van der Waals surface area contributed by atoms with Crippen molar-refractivity contribution in [3.05, 3.63) is 0 Å². The Balaban J connectivity index is 2.34. The van der Waals surface area contributed by atoms with Crippen molar-refractivity contribution in [1.82, 2.24) is 0 Å². The van der Waals surface area contributed by atoms with E-state index in [0.29, 0.717) is 0 Å². The maximum absolute atomic E-state index is 2.25. The molecule has 37 valence electrons. The van der Waals surface area contributed by atoms with Crippen molar-refractivity contribution in [2.75, 3.05) is 0 Å². The Labute approximate surface area is 48.5 Å². The van der Waals surface area contributed by atoms with Crippen molar-refractivity contribution >= 4 is 16.5 Å². The standard InChI is InChI=1S/C5H13Ge/c1-2-3-4-5-6/h2-6H2,1H3. The zero-order valence-corrected chi connectivity index (χ0v) is 7.50. The zero-order valence-electron chi connectivity index (χ0n) is 4.54. The third kappa shape index (κ3) is 4.54. The van der Waals surface area contributed by atoms with Gasteiger partial charge >= 0.3 is 48.0 Å². The third-order valence-corrected chi connectivity index (χ3v) is 1.90. The van der Waals surface area contributed by atoms with Gasteiger partial charge in [0, 0.05) is 0 Å². The Morgan fingerprint density at radius 2 is 2.00 bits per heavy atom. The van der Waals surface area contributed by atoms with E-state index in [1.165, 1.54) is 41.0 Å². The minimum absolute atomic E-state index is 1.38. The monoisotopic (exact) mass is 147 g/mol. The van der Waals surface area contributed by atoms with Gasteiger partial charge in [0.1, 0.15) is 0 Å². The molecule has 6 heavy (non-hydrogen) atoms. The van der Waals surface area contributed by atoms with Crippen LogP contribution in [0.5, 0.6) is 0 Å². The number of unbranched alkanes of at least 4 members (excludes halogenated alkanes) is 2. The fourth-order valence-corrected chi connectivity index (χ4v) is 1.17. The van der Waals surface area contributed by atoms with Crippen LogP contribution in [0, 0.1) is 0 Å². The SMILES string of the molecule is CCCC[CH2][GeH2]. The van der Waals surface area contributed by atoms with Crippen LogP contribution < -0.4 is 0 Å². The third-order valence-electron chi connectivity index (χ3n) is 0.854. The van der Waals surface area contributed by atoms with Crippen molar-refractivity contribution in [3.8, 4) is 0 Å². The van der Waals surface area contributed by atoms with Crippen LogP contribution in [-0.2, 0) is 0 Å². The van der Waals surface area contributed by atoms with Crippen molar-refractivity contribution in [1.29, 1.82) is 0 Å². The maximum atomic E-state index is 2.25. The van der Waals surface area contributed by atoms with Crippen LogP contribution in [0.15, 0.2) is 0 Å². The summed E-state index contributed by atoms with van der Waals surface area (Å²) in [7, 11) is 0. The number of rotatable bonds is 3. The molecular formula is C5H13Ge. The van der Waals surface area contributed by atoms with E-state index >= 15 is 0 Å². The summed E-state index contributed by atoms with van der Waals surface area (Å²) in [5, 5.41) is 1.48. The number of hydrogen-bond donors (Lipinski definition) is 0. The average Bonchev–Trinajstić information content (AvgIpc) is 1.61. The Morgan fingerprint density at radius 1 is 1.33 bits per heavy atom. The summed E-state index contributed by atoms with van der Waals surface area (Å²) in [6.07, 6.45) is 4.29. The van der Waals surface area contributed by atoms with Crippen LogP contribution in [0.4, 0.5) is 0 Å². The van der Waals surface area contributed by atoms with Crippen LogP contribution >= 0.6 is 0 Å². The molecule has 1 radical (unpaired) electrons. The van der Waals surface area contributed by atoms with Gasteiger partial charge in [0.05, 0.1) is 0 Å². The van der Waals surface area contributed by atoms with Crippen LogP contribution in [0.25, 0.3) is 0 Å². The van der Waals surface area contributed by atoms with Crippen molar-refractivity contribution in [2.45, 2.75) is 31.4 Å². The molecule has 0 aromatic heterocycles. The van der Waals surface area contributed by atoms with Gasteiger partial charge in [0.2, 0.25) is 0 Å². The van der Waals surface area contributed by atoms with Crippen LogP contribution in [-0.4, -0.2) is 16.5 Å². The van der Waals surface area contributed by atoms with Gasteiger partial charge in [0.15, 0.2) is 0 Å². The van der Waals surface area contributed by atoms with E-state index in [0.717, 1.165) is 0 Å². The molecule has 0 aliphatic heterocycles. The molecule has 0 saturated carbocycles. The summed E-state index contributed by atoms with van der Waals surface area (Å²) >= 11 is 1.49.